The number of nitrogens with zero attached hydrogens (tertiary/aromatic N) is 3. The average Bonchev–Trinajstić information content (AvgIpc) is 3.37. The lowest BCUT2D eigenvalue weighted by Gasteiger charge is -2.15. The highest BCUT2D eigenvalue weighted by atomic mass is 16.5. The minimum atomic E-state index is -0.236. The van der Waals surface area contributed by atoms with Gasteiger partial charge in [-0.2, -0.15) is 5.10 Å². The maximum absolute atomic E-state index is 12.9. The molecule has 1 aromatic heterocycles. The molecule has 0 unspecified atom stereocenters. The summed E-state index contributed by atoms with van der Waals surface area (Å²) in [4.78, 5) is 27.3. The number of nitrogens with one attached hydrogen (secondary N) is 1. The molecular formula is C29H28N4O3. The lowest BCUT2D eigenvalue weighted by molar-refractivity contribution is 0.102. The van der Waals surface area contributed by atoms with Crippen molar-refractivity contribution >= 4 is 23.5 Å². The number of benzene rings is 3. The molecule has 0 saturated carbocycles. The number of ether oxygens (including phenoxy) is 1. The summed E-state index contributed by atoms with van der Waals surface area (Å²) in [5.41, 5.74) is 4.32. The molecule has 0 aliphatic rings. The van der Waals surface area contributed by atoms with Gasteiger partial charge in [0.25, 0.3) is 5.91 Å². The van der Waals surface area contributed by atoms with E-state index in [9.17, 15) is 9.59 Å². The number of carbonyl (C=O) groups excluding carboxylic acids is 2. The molecule has 0 spiro atoms. The molecule has 36 heavy (non-hydrogen) atoms. The second-order valence-electron chi connectivity index (χ2n) is 8.55. The van der Waals surface area contributed by atoms with E-state index in [1.807, 2.05) is 56.6 Å². The van der Waals surface area contributed by atoms with E-state index < -0.39 is 0 Å². The number of hydrogen-bond donors (Lipinski definition) is 1. The van der Waals surface area contributed by atoms with E-state index in [4.69, 9.17) is 4.74 Å². The smallest absolute Gasteiger partial charge is 0.255 e. The van der Waals surface area contributed by atoms with Crippen LogP contribution < -0.4 is 10.1 Å². The van der Waals surface area contributed by atoms with E-state index in [0.29, 0.717) is 16.8 Å². The van der Waals surface area contributed by atoms with Gasteiger partial charge in [0.05, 0.1) is 19.0 Å². The Morgan fingerprint density at radius 3 is 2.53 bits per heavy atom. The molecular weight excluding hydrogens is 452 g/mol. The third-order valence-corrected chi connectivity index (χ3v) is 5.49. The predicted octanol–water partition coefficient (Wildman–Crippen LogP) is 5.09. The Morgan fingerprint density at radius 1 is 1.00 bits per heavy atom. The predicted molar refractivity (Wildman–Crippen MR) is 142 cm³/mol. The molecule has 182 valence electrons. The fraction of sp³-hybridized carbons (Fsp3) is 0.138. The third-order valence-electron chi connectivity index (χ3n) is 5.49. The van der Waals surface area contributed by atoms with Crippen molar-refractivity contribution < 1.29 is 14.3 Å². The van der Waals surface area contributed by atoms with Crippen molar-refractivity contribution in [3.8, 4) is 11.4 Å². The summed E-state index contributed by atoms with van der Waals surface area (Å²) in [5, 5.41) is 7.31. The summed E-state index contributed by atoms with van der Waals surface area (Å²) in [7, 11) is 5.60. The Kier molecular flexibility index (Phi) is 7.72. The number of rotatable bonds is 9. The number of hydrogen-bond acceptors (Lipinski definition) is 5. The van der Waals surface area contributed by atoms with Crippen LogP contribution in [0.4, 0.5) is 5.69 Å². The second kappa shape index (κ2) is 11.3. The molecule has 0 saturated heterocycles. The zero-order valence-electron chi connectivity index (χ0n) is 20.5. The van der Waals surface area contributed by atoms with Crippen molar-refractivity contribution in [3.05, 3.63) is 114 Å². The standard InChI is InChI=1S/C29H28N4O3/c1-32(2)20-24-13-14-25(17-28(24)36-3)31-29(35)23-10-7-11-26(16-23)33-19-21(18-30-33)12-15-27(34)22-8-5-4-6-9-22/h4-19H,20H2,1-3H3,(H,31,35)/b15-12+. The van der Waals surface area contributed by atoms with Gasteiger partial charge in [0, 0.05) is 46.7 Å². The largest absolute Gasteiger partial charge is 0.496 e. The van der Waals surface area contributed by atoms with E-state index in [2.05, 4.69) is 15.3 Å². The first-order valence-electron chi connectivity index (χ1n) is 11.5. The van der Waals surface area contributed by atoms with Gasteiger partial charge in [0.1, 0.15) is 5.75 Å². The molecule has 0 bridgehead atoms. The van der Waals surface area contributed by atoms with Crippen LogP contribution in [0.15, 0.2) is 91.3 Å². The van der Waals surface area contributed by atoms with Gasteiger partial charge in [-0.1, -0.05) is 42.5 Å². The number of aromatic nitrogens is 2. The summed E-state index contributed by atoms with van der Waals surface area (Å²) in [6, 6.07) is 21.9. The highest BCUT2D eigenvalue weighted by Gasteiger charge is 2.11. The Bertz CT molecular complexity index is 1390. The van der Waals surface area contributed by atoms with E-state index in [1.54, 1.807) is 60.6 Å². The lowest BCUT2D eigenvalue weighted by Crippen LogP contribution is -2.14. The molecule has 7 nitrogen and oxygen atoms in total. The molecule has 0 fully saturated rings. The fourth-order valence-corrected chi connectivity index (χ4v) is 3.72. The zero-order valence-corrected chi connectivity index (χ0v) is 20.5. The fourth-order valence-electron chi connectivity index (χ4n) is 3.72. The number of amides is 1. The Balaban J connectivity index is 1.46. The van der Waals surface area contributed by atoms with E-state index >= 15 is 0 Å². The van der Waals surface area contributed by atoms with Crippen LogP contribution in [0, 0.1) is 0 Å². The van der Waals surface area contributed by atoms with Crippen LogP contribution in [0.25, 0.3) is 11.8 Å². The maximum atomic E-state index is 12.9. The molecule has 3 aromatic carbocycles. The minimum absolute atomic E-state index is 0.0756. The SMILES string of the molecule is COc1cc(NC(=O)c2cccc(-n3cc(/C=C/C(=O)c4ccccc4)cn3)c2)ccc1CN(C)C. The van der Waals surface area contributed by atoms with E-state index in [-0.39, 0.29) is 11.7 Å². The topological polar surface area (TPSA) is 76.5 Å². The number of allylic oxidation sites excluding steroid dienone is 1. The van der Waals surface area contributed by atoms with Crippen molar-refractivity contribution in [2.75, 3.05) is 26.5 Å². The van der Waals surface area contributed by atoms with Gasteiger partial charge in [-0.3, -0.25) is 9.59 Å². The molecule has 1 amide bonds. The normalized spacial score (nSPS) is 11.1. The van der Waals surface area contributed by atoms with Gasteiger partial charge in [-0.05, 0) is 50.5 Å². The van der Waals surface area contributed by atoms with Gasteiger partial charge in [-0.15, -0.1) is 0 Å². The Morgan fingerprint density at radius 2 is 1.78 bits per heavy atom. The molecule has 0 aliphatic heterocycles. The van der Waals surface area contributed by atoms with Crippen LogP contribution >= 0.6 is 0 Å². The first-order valence-corrected chi connectivity index (χ1v) is 11.5. The Labute approximate surface area is 210 Å². The van der Waals surface area contributed by atoms with Gasteiger partial charge in [0.2, 0.25) is 0 Å². The van der Waals surface area contributed by atoms with Gasteiger partial charge < -0.3 is 15.0 Å². The molecule has 0 aliphatic carbocycles. The van der Waals surface area contributed by atoms with Crippen molar-refractivity contribution in [1.29, 1.82) is 0 Å². The number of ketones is 1. The molecule has 4 aromatic rings. The molecule has 1 heterocycles. The second-order valence-corrected chi connectivity index (χ2v) is 8.55. The van der Waals surface area contributed by atoms with Crippen LogP contribution in [0.5, 0.6) is 5.75 Å². The monoisotopic (exact) mass is 480 g/mol. The van der Waals surface area contributed by atoms with Crippen molar-refractivity contribution in [3.63, 3.8) is 0 Å². The van der Waals surface area contributed by atoms with Gasteiger partial charge in [0.15, 0.2) is 5.78 Å². The first kappa shape index (κ1) is 24.6. The highest BCUT2D eigenvalue weighted by molar-refractivity contribution is 6.06. The van der Waals surface area contributed by atoms with E-state index in [1.165, 1.54) is 6.08 Å². The van der Waals surface area contributed by atoms with Crippen molar-refractivity contribution in [2.45, 2.75) is 6.54 Å². The highest BCUT2D eigenvalue weighted by Crippen LogP contribution is 2.25. The van der Waals surface area contributed by atoms with Crippen molar-refractivity contribution in [2.24, 2.45) is 0 Å². The van der Waals surface area contributed by atoms with Gasteiger partial charge >= 0.3 is 0 Å². The third kappa shape index (κ3) is 6.14. The molecule has 0 atom stereocenters. The van der Waals surface area contributed by atoms with E-state index in [0.717, 1.165) is 29.1 Å². The van der Waals surface area contributed by atoms with Crippen LogP contribution in [-0.4, -0.2) is 47.6 Å². The van der Waals surface area contributed by atoms with Crippen molar-refractivity contribution in [1.82, 2.24) is 14.7 Å². The zero-order chi connectivity index (χ0) is 25.5. The lowest BCUT2D eigenvalue weighted by atomic mass is 10.1. The molecule has 4 rings (SSSR count). The number of anilines is 1. The summed E-state index contributed by atoms with van der Waals surface area (Å²) < 4.78 is 7.17. The summed E-state index contributed by atoms with van der Waals surface area (Å²) in [5.74, 6) is 0.409. The minimum Gasteiger partial charge on any atom is -0.496 e. The quantitative estimate of drug-likeness (QED) is 0.267. The molecule has 0 radical (unpaired) electrons. The molecule has 1 N–H and O–H groups in total. The average molecular weight is 481 g/mol. The number of carbonyl (C=O) groups is 2. The first-order chi connectivity index (χ1) is 17.4. The summed E-state index contributed by atoms with van der Waals surface area (Å²) in [6.07, 6.45) is 6.73. The van der Waals surface area contributed by atoms with Crippen LogP contribution in [0.3, 0.4) is 0 Å². The van der Waals surface area contributed by atoms with Crippen LogP contribution in [0.1, 0.15) is 31.8 Å². The maximum Gasteiger partial charge on any atom is 0.255 e. The van der Waals surface area contributed by atoms with Crippen LogP contribution in [0.2, 0.25) is 0 Å². The molecule has 7 heteroatoms. The van der Waals surface area contributed by atoms with Gasteiger partial charge in [-0.25, -0.2) is 4.68 Å². The van der Waals surface area contributed by atoms with Crippen LogP contribution in [-0.2, 0) is 6.54 Å². The summed E-state index contributed by atoms with van der Waals surface area (Å²) in [6.45, 7) is 0.737. The summed E-state index contributed by atoms with van der Waals surface area (Å²) >= 11 is 0. The Hall–Kier alpha value is -4.49. The number of methoxy groups -OCH3 is 1.